The summed E-state index contributed by atoms with van der Waals surface area (Å²) in [6, 6.07) is 3.53. The number of hydrogen-bond donors (Lipinski definition) is 1. The molecule has 1 aliphatic heterocycles. The molecule has 3 rings (SSSR count). The zero-order valence-corrected chi connectivity index (χ0v) is 13.8. The minimum absolute atomic E-state index is 0.0230. The lowest BCUT2D eigenvalue weighted by atomic mass is 10.0. The van der Waals surface area contributed by atoms with E-state index in [1.165, 1.54) is 0 Å². The maximum Gasteiger partial charge on any atom is 0.258 e. The van der Waals surface area contributed by atoms with Crippen LogP contribution >= 0.6 is 11.6 Å². The molecule has 0 saturated carbocycles. The summed E-state index contributed by atoms with van der Waals surface area (Å²) in [6.07, 6.45) is 2.07. The number of ether oxygens (including phenoxy) is 2. The van der Waals surface area contributed by atoms with Gasteiger partial charge in [0.1, 0.15) is 5.75 Å². The number of hydrogen-bond acceptors (Lipinski definition) is 4. The molecule has 0 bridgehead atoms. The molecule has 1 saturated heterocycles. The minimum Gasteiger partial charge on any atom is -0.483 e. The molecule has 0 radical (unpaired) electrons. The molecule has 0 aromatic heterocycles. The number of carbonyl (C=O) groups excluding carboxylic acids is 2. The zero-order valence-electron chi connectivity index (χ0n) is 13.1. The van der Waals surface area contributed by atoms with Crippen molar-refractivity contribution in [3.05, 3.63) is 28.3 Å². The van der Waals surface area contributed by atoms with E-state index in [1.807, 2.05) is 6.92 Å². The van der Waals surface area contributed by atoms with Gasteiger partial charge in [0.2, 0.25) is 0 Å². The van der Waals surface area contributed by atoms with Crippen LogP contribution in [0, 0.1) is 0 Å². The molecular weight excluding hydrogens is 318 g/mol. The molecule has 23 heavy (non-hydrogen) atoms. The van der Waals surface area contributed by atoms with Crippen molar-refractivity contribution in [1.29, 1.82) is 0 Å². The fourth-order valence-electron chi connectivity index (χ4n) is 3.20. The number of benzene rings is 1. The van der Waals surface area contributed by atoms with Gasteiger partial charge in [0, 0.05) is 30.7 Å². The number of fused-ring (bicyclic) bond motifs is 1. The number of rotatable bonds is 4. The molecule has 1 aromatic rings. The summed E-state index contributed by atoms with van der Waals surface area (Å²) < 4.78 is 10.9. The van der Waals surface area contributed by atoms with Crippen LogP contribution in [0.1, 0.15) is 48.0 Å². The van der Waals surface area contributed by atoms with Gasteiger partial charge in [0.15, 0.2) is 12.4 Å². The Kier molecular flexibility index (Phi) is 4.87. The summed E-state index contributed by atoms with van der Waals surface area (Å²) in [5.41, 5.74) is 1.36. The third kappa shape index (κ3) is 3.51. The number of amides is 1. The van der Waals surface area contributed by atoms with E-state index in [4.69, 9.17) is 21.1 Å². The van der Waals surface area contributed by atoms with E-state index >= 15 is 0 Å². The molecule has 6 heteroatoms. The van der Waals surface area contributed by atoms with E-state index in [-0.39, 0.29) is 30.3 Å². The molecular formula is C17H20ClNO4. The first-order valence-corrected chi connectivity index (χ1v) is 8.29. The lowest BCUT2D eigenvalue weighted by Crippen LogP contribution is -2.41. The van der Waals surface area contributed by atoms with Crippen LogP contribution in [-0.2, 0) is 9.53 Å². The lowest BCUT2D eigenvalue weighted by molar-refractivity contribution is -0.124. The molecule has 0 unspecified atom stereocenters. The summed E-state index contributed by atoms with van der Waals surface area (Å²) in [5.74, 6) is 0.374. The van der Waals surface area contributed by atoms with Gasteiger partial charge in [-0.3, -0.25) is 9.59 Å². The molecule has 1 heterocycles. The van der Waals surface area contributed by atoms with E-state index in [1.54, 1.807) is 12.1 Å². The molecule has 1 amide bonds. The van der Waals surface area contributed by atoms with Crippen LogP contribution in [0.4, 0.5) is 0 Å². The van der Waals surface area contributed by atoms with E-state index in [2.05, 4.69) is 5.32 Å². The van der Waals surface area contributed by atoms with Gasteiger partial charge in [-0.1, -0.05) is 18.5 Å². The van der Waals surface area contributed by atoms with Crippen LogP contribution in [0.2, 0.25) is 5.02 Å². The second kappa shape index (κ2) is 6.89. The molecule has 2 aliphatic rings. The monoisotopic (exact) mass is 337 g/mol. The standard InChI is InChI=1S/C17H20ClNO4/c1-10-8-13(20)17-14(3-2-12(18)16(10)17)23-9-15(21)19-11-4-6-22-7-5-11/h2-3,10-11H,4-9H2,1H3,(H,19,21)/t10-/m1/s1. The van der Waals surface area contributed by atoms with E-state index in [0.29, 0.717) is 36.0 Å². The molecule has 5 nitrogen and oxygen atoms in total. The predicted octanol–water partition coefficient (Wildman–Crippen LogP) is 2.70. The second-order valence-electron chi connectivity index (χ2n) is 6.11. The summed E-state index contributed by atoms with van der Waals surface area (Å²) in [7, 11) is 0. The van der Waals surface area contributed by atoms with E-state index in [9.17, 15) is 9.59 Å². The van der Waals surface area contributed by atoms with Crippen molar-refractivity contribution in [1.82, 2.24) is 5.32 Å². The number of carbonyl (C=O) groups is 2. The Bertz CT molecular complexity index is 625. The summed E-state index contributed by atoms with van der Waals surface area (Å²) in [6.45, 7) is 3.20. The number of ketones is 1. The van der Waals surface area contributed by atoms with Crippen molar-refractivity contribution in [3.8, 4) is 5.75 Å². The number of nitrogens with one attached hydrogen (secondary N) is 1. The fraction of sp³-hybridized carbons (Fsp3) is 0.529. The molecule has 0 spiro atoms. The third-order valence-electron chi connectivity index (χ3n) is 4.36. The van der Waals surface area contributed by atoms with Crippen molar-refractivity contribution >= 4 is 23.3 Å². The van der Waals surface area contributed by atoms with Crippen LogP contribution < -0.4 is 10.1 Å². The number of Topliss-reactive ketones (excluding diaryl/α,β-unsaturated/α-hetero) is 1. The lowest BCUT2D eigenvalue weighted by Gasteiger charge is -2.23. The van der Waals surface area contributed by atoms with Gasteiger partial charge in [-0.15, -0.1) is 0 Å². The first-order chi connectivity index (χ1) is 11.1. The molecule has 1 aromatic carbocycles. The summed E-state index contributed by atoms with van der Waals surface area (Å²) >= 11 is 6.19. The Balaban J connectivity index is 1.65. The van der Waals surface area contributed by atoms with Crippen LogP contribution in [0.15, 0.2) is 12.1 Å². The Morgan fingerprint density at radius 1 is 1.39 bits per heavy atom. The minimum atomic E-state index is -0.181. The SMILES string of the molecule is C[C@@H]1CC(=O)c2c(OCC(=O)NC3CCOCC3)ccc(Cl)c21. The van der Waals surface area contributed by atoms with E-state index < -0.39 is 0 Å². The Morgan fingerprint density at radius 3 is 2.87 bits per heavy atom. The molecule has 1 aliphatic carbocycles. The van der Waals surface area contributed by atoms with Gasteiger partial charge < -0.3 is 14.8 Å². The molecule has 124 valence electrons. The Morgan fingerprint density at radius 2 is 2.13 bits per heavy atom. The molecule has 1 fully saturated rings. The smallest absolute Gasteiger partial charge is 0.258 e. The molecule has 1 atom stereocenters. The fourth-order valence-corrected chi connectivity index (χ4v) is 3.54. The highest BCUT2D eigenvalue weighted by Crippen LogP contribution is 2.42. The van der Waals surface area contributed by atoms with Gasteiger partial charge in [0.05, 0.1) is 5.56 Å². The highest BCUT2D eigenvalue weighted by Gasteiger charge is 2.32. The van der Waals surface area contributed by atoms with Gasteiger partial charge in [-0.2, -0.15) is 0 Å². The van der Waals surface area contributed by atoms with Crippen LogP contribution in [0.5, 0.6) is 5.75 Å². The maximum absolute atomic E-state index is 12.2. The van der Waals surface area contributed by atoms with E-state index in [0.717, 1.165) is 18.4 Å². The van der Waals surface area contributed by atoms with Crippen molar-refractivity contribution in [2.75, 3.05) is 19.8 Å². The van der Waals surface area contributed by atoms with Gasteiger partial charge in [0.25, 0.3) is 5.91 Å². The largest absolute Gasteiger partial charge is 0.483 e. The van der Waals surface area contributed by atoms with Gasteiger partial charge in [-0.25, -0.2) is 0 Å². The predicted molar refractivity (Wildman–Crippen MR) is 86.3 cm³/mol. The first kappa shape index (κ1) is 16.3. The van der Waals surface area contributed by atoms with Crippen molar-refractivity contribution < 1.29 is 19.1 Å². The van der Waals surface area contributed by atoms with Crippen LogP contribution in [0.3, 0.4) is 0 Å². The maximum atomic E-state index is 12.2. The highest BCUT2D eigenvalue weighted by molar-refractivity contribution is 6.32. The topological polar surface area (TPSA) is 64.6 Å². The van der Waals surface area contributed by atoms with Crippen LogP contribution in [-0.4, -0.2) is 37.6 Å². The average Bonchev–Trinajstić information content (AvgIpc) is 2.84. The zero-order chi connectivity index (χ0) is 16.4. The van der Waals surface area contributed by atoms with Gasteiger partial charge >= 0.3 is 0 Å². The summed E-state index contributed by atoms with van der Waals surface area (Å²) in [4.78, 5) is 24.2. The number of halogens is 1. The highest BCUT2D eigenvalue weighted by atomic mass is 35.5. The van der Waals surface area contributed by atoms with Crippen LogP contribution in [0.25, 0.3) is 0 Å². The average molecular weight is 338 g/mol. The Hall–Kier alpha value is -1.59. The normalized spacial score (nSPS) is 21.1. The summed E-state index contributed by atoms with van der Waals surface area (Å²) in [5, 5.41) is 3.51. The van der Waals surface area contributed by atoms with Crippen molar-refractivity contribution in [2.45, 2.75) is 38.1 Å². The quantitative estimate of drug-likeness (QED) is 0.917. The third-order valence-corrected chi connectivity index (χ3v) is 4.69. The Labute approximate surface area is 140 Å². The first-order valence-electron chi connectivity index (χ1n) is 7.91. The van der Waals surface area contributed by atoms with Crippen molar-refractivity contribution in [3.63, 3.8) is 0 Å². The second-order valence-corrected chi connectivity index (χ2v) is 6.51. The van der Waals surface area contributed by atoms with Crippen molar-refractivity contribution in [2.24, 2.45) is 0 Å². The van der Waals surface area contributed by atoms with Gasteiger partial charge in [-0.05, 0) is 36.5 Å². The molecule has 1 N–H and O–H groups in total.